The molecular weight excluding hydrogens is 304 g/mol. The van der Waals surface area contributed by atoms with Gasteiger partial charge in [-0.05, 0) is 38.4 Å². The minimum atomic E-state index is 0. The molecule has 1 aromatic rings. The molecule has 1 aromatic carbocycles. The summed E-state index contributed by atoms with van der Waals surface area (Å²) in [6.45, 7) is 3.57. The Morgan fingerprint density at radius 2 is 1.81 bits per heavy atom. The first kappa shape index (κ1) is 20.3. The lowest BCUT2D eigenvalue weighted by Crippen LogP contribution is -2.25. The van der Waals surface area contributed by atoms with Crippen molar-refractivity contribution in [2.45, 2.75) is 43.9 Å². The molecule has 0 aromatic heterocycles. The fourth-order valence-electron chi connectivity index (χ4n) is 1.87. The first-order chi connectivity index (χ1) is 9.72. The molecule has 0 radical (unpaired) electrons. The maximum Gasteiger partial charge on any atom is 0.220 e. The normalized spacial score (nSPS) is 10.0. The van der Waals surface area contributed by atoms with Crippen LogP contribution in [-0.2, 0) is 4.79 Å². The van der Waals surface area contributed by atoms with E-state index in [1.165, 1.54) is 10.5 Å². The number of nitrogens with two attached hydrogens (primary N) is 1. The lowest BCUT2D eigenvalue weighted by molar-refractivity contribution is -0.121. The van der Waals surface area contributed by atoms with Crippen molar-refractivity contribution in [2.75, 3.05) is 18.8 Å². The molecule has 5 heteroatoms. The van der Waals surface area contributed by atoms with Crippen LogP contribution in [0, 0.1) is 6.92 Å². The van der Waals surface area contributed by atoms with Gasteiger partial charge in [0.15, 0.2) is 0 Å². The average molecular weight is 331 g/mol. The van der Waals surface area contributed by atoms with E-state index in [1.807, 2.05) is 0 Å². The zero-order valence-corrected chi connectivity index (χ0v) is 14.4. The molecule has 21 heavy (non-hydrogen) atoms. The third-order valence-corrected chi connectivity index (χ3v) is 4.09. The minimum absolute atomic E-state index is 0. The Kier molecular flexibility index (Phi) is 12.5. The Balaban J connectivity index is 0.00000400. The number of hydrogen-bond acceptors (Lipinski definition) is 3. The molecule has 1 amide bonds. The van der Waals surface area contributed by atoms with Gasteiger partial charge in [-0.25, -0.2) is 0 Å². The molecule has 0 saturated carbocycles. The Morgan fingerprint density at radius 1 is 1.14 bits per heavy atom. The Hall–Kier alpha value is -0.710. The zero-order valence-electron chi connectivity index (χ0n) is 12.8. The summed E-state index contributed by atoms with van der Waals surface area (Å²) in [6.07, 6.45) is 4.90. The minimum Gasteiger partial charge on any atom is -0.355 e. The number of benzene rings is 1. The van der Waals surface area contributed by atoms with Crippen LogP contribution < -0.4 is 11.1 Å². The lowest BCUT2D eigenvalue weighted by Gasteiger charge is -2.05. The third kappa shape index (κ3) is 10.6. The molecule has 0 saturated heterocycles. The molecule has 0 heterocycles. The van der Waals surface area contributed by atoms with Gasteiger partial charge in [-0.3, -0.25) is 4.79 Å². The van der Waals surface area contributed by atoms with Gasteiger partial charge < -0.3 is 11.1 Å². The lowest BCUT2D eigenvalue weighted by atomic mass is 10.1. The fourth-order valence-corrected chi connectivity index (χ4v) is 2.63. The van der Waals surface area contributed by atoms with Gasteiger partial charge in [-0.15, -0.1) is 24.2 Å². The van der Waals surface area contributed by atoms with Gasteiger partial charge in [0, 0.05) is 23.6 Å². The van der Waals surface area contributed by atoms with Crippen LogP contribution in [0.1, 0.15) is 37.7 Å². The van der Waals surface area contributed by atoms with Crippen molar-refractivity contribution >= 4 is 30.1 Å². The second-order valence-electron chi connectivity index (χ2n) is 4.96. The van der Waals surface area contributed by atoms with E-state index in [-0.39, 0.29) is 18.3 Å². The topological polar surface area (TPSA) is 55.1 Å². The number of nitrogens with one attached hydrogen (secondary N) is 1. The zero-order chi connectivity index (χ0) is 14.6. The molecule has 0 aliphatic carbocycles. The van der Waals surface area contributed by atoms with Crippen LogP contribution in [0.3, 0.4) is 0 Å². The molecule has 0 atom stereocenters. The van der Waals surface area contributed by atoms with E-state index in [1.54, 1.807) is 11.8 Å². The molecule has 0 spiro atoms. The second kappa shape index (κ2) is 13.0. The van der Waals surface area contributed by atoms with Crippen molar-refractivity contribution in [2.24, 2.45) is 5.73 Å². The van der Waals surface area contributed by atoms with Crippen LogP contribution in [0.4, 0.5) is 0 Å². The predicted molar refractivity (Wildman–Crippen MR) is 94.3 cm³/mol. The monoisotopic (exact) mass is 330 g/mol. The maximum atomic E-state index is 11.6. The molecule has 120 valence electrons. The van der Waals surface area contributed by atoms with E-state index >= 15 is 0 Å². The molecule has 3 N–H and O–H groups in total. The van der Waals surface area contributed by atoms with Crippen LogP contribution >= 0.6 is 24.2 Å². The third-order valence-electron chi connectivity index (χ3n) is 3.07. The number of thioether (sulfide) groups is 1. The number of unbranched alkanes of at least 4 members (excludes halogenated alkanes) is 3. The largest absolute Gasteiger partial charge is 0.355 e. The number of carbonyl (C=O) groups excluding carboxylic acids is 1. The molecule has 0 aliphatic heterocycles. The summed E-state index contributed by atoms with van der Waals surface area (Å²) in [7, 11) is 0. The van der Waals surface area contributed by atoms with Crippen LogP contribution in [0.2, 0.25) is 0 Å². The van der Waals surface area contributed by atoms with Crippen molar-refractivity contribution in [3.05, 3.63) is 29.8 Å². The molecular formula is C16H27ClN2OS. The van der Waals surface area contributed by atoms with Crippen molar-refractivity contribution in [1.29, 1.82) is 0 Å². The summed E-state index contributed by atoms with van der Waals surface area (Å²) in [6, 6.07) is 8.48. The van der Waals surface area contributed by atoms with E-state index in [2.05, 4.69) is 36.5 Å². The van der Waals surface area contributed by atoms with E-state index in [9.17, 15) is 4.79 Å². The van der Waals surface area contributed by atoms with E-state index in [0.29, 0.717) is 6.42 Å². The molecule has 0 aliphatic rings. The standard InChI is InChI=1S/C16H26N2OS.ClH/c1-14-7-9-15(10-8-14)20-13-12-18-16(19)6-4-2-3-5-11-17;/h7-10H,2-6,11-13,17H2,1H3,(H,18,19);1H. The number of aryl methyl sites for hydroxylation is 1. The van der Waals surface area contributed by atoms with Gasteiger partial charge in [-0.2, -0.15) is 0 Å². The first-order valence-corrected chi connectivity index (χ1v) is 8.37. The highest BCUT2D eigenvalue weighted by atomic mass is 35.5. The van der Waals surface area contributed by atoms with Crippen LogP contribution in [0.5, 0.6) is 0 Å². The van der Waals surface area contributed by atoms with Crippen LogP contribution in [-0.4, -0.2) is 24.7 Å². The van der Waals surface area contributed by atoms with Gasteiger partial charge in [0.1, 0.15) is 0 Å². The molecule has 0 fully saturated rings. The maximum absolute atomic E-state index is 11.6. The second-order valence-corrected chi connectivity index (χ2v) is 6.13. The highest BCUT2D eigenvalue weighted by molar-refractivity contribution is 7.99. The summed E-state index contributed by atoms with van der Waals surface area (Å²) in [4.78, 5) is 12.8. The summed E-state index contributed by atoms with van der Waals surface area (Å²) in [5, 5.41) is 2.97. The van der Waals surface area contributed by atoms with Gasteiger partial charge in [0.05, 0.1) is 0 Å². The number of hydrogen-bond donors (Lipinski definition) is 2. The summed E-state index contributed by atoms with van der Waals surface area (Å²) in [5.41, 5.74) is 6.70. The van der Waals surface area contributed by atoms with Gasteiger partial charge in [-0.1, -0.05) is 30.5 Å². The first-order valence-electron chi connectivity index (χ1n) is 7.38. The van der Waals surface area contributed by atoms with Crippen molar-refractivity contribution < 1.29 is 4.79 Å². The van der Waals surface area contributed by atoms with E-state index in [4.69, 9.17) is 5.73 Å². The molecule has 1 rings (SSSR count). The Morgan fingerprint density at radius 3 is 2.48 bits per heavy atom. The predicted octanol–water partition coefficient (Wildman–Crippen LogP) is 3.53. The SMILES string of the molecule is Cc1ccc(SCCNC(=O)CCCCCCN)cc1.Cl. The van der Waals surface area contributed by atoms with Gasteiger partial charge in [0.25, 0.3) is 0 Å². The summed E-state index contributed by atoms with van der Waals surface area (Å²) >= 11 is 1.78. The number of amides is 1. The quantitative estimate of drug-likeness (QED) is 0.509. The Bertz CT molecular complexity index is 384. The van der Waals surface area contributed by atoms with Crippen LogP contribution in [0.25, 0.3) is 0 Å². The van der Waals surface area contributed by atoms with Gasteiger partial charge in [0.2, 0.25) is 5.91 Å². The summed E-state index contributed by atoms with van der Waals surface area (Å²) < 4.78 is 0. The number of carbonyl (C=O) groups is 1. The molecule has 3 nitrogen and oxygen atoms in total. The molecule has 0 unspecified atom stereocenters. The number of rotatable bonds is 10. The highest BCUT2D eigenvalue weighted by Crippen LogP contribution is 2.17. The average Bonchev–Trinajstić information content (AvgIpc) is 2.45. The van der Waals surface area contributed by atoms with Crippen molar-refractivity contribution in [3.63, 3.8) is 0 Å². The number of halogens is 1. The highest BCUT2D eigenvalue weighted by Gasteiger charge is 2.00. The fraction of sp³-hybridized carbons (Fsp3) is 0.562. The molecule has 0 bridgehead atoms. The van der Waals surface area contributed by atoms with Crippen molar-refractivity contribution in [1.82, 2.24) is 5.32 Å². The van der Waals surface area contributed by atoms with E-state index in [0.717, 1.165) is 44.5 Å². The van der Waals surface area contributed by atoms with Gasteiger partial charge >= 0.3 is 0 Å². The van der Waals surface area contributed by atoms with Crippen molar-refractivity contribution in [3.8, 4) is 0 Å². The summed E-state index contributed by atoms with van der Waals surface area (Å²) in [5.74, 6) is 1.09. The Labute approximate surface area is 138 Å². The van der Waals surface area contributed by atoms with E-state index < -0.39 is 0 Å². The van der Waals surface area contributed by atoms with Crippen LogP contribution in [0.15, 0.2) is 29.2 Å². The smallest absolute Gasteiger partial charge is 0.220 e.